The average Bonchev–Trinajstić information content (AvgIpc) is 3.09. The Morgan fingerprint density at radius 3 is 1.88 bits per heavy atom. The van der Waals surface area contributed by atoms with Gasteiger partial charge in [-0.15, -0.1) is 0 Å². The van der Waals surface area contributed by atoms with Gasteiger partial charge in [0.05, 0.1) is 36.6 Å². The minimum atomic E-state index is -1.49. The summed E-state index contributed by atoms with van der Waals surface area (Å²) in [6.07, 6.45) is 4.74. The standard InChI is InChI=1S/C37H42N4O10/c1-4-49-34(45)28-17-14-25(20-29(28)33(43)44)32(42)41-31-22-27(16-13-24(31)3)39-37(48)51-19-11-9-7-5-6-8-10-18-50-36(47)38-26-15-12-23(2)30(21-26)40-35(41)46/h12-17,20-22H,4-11,18-19H2,1-3H3,(H,38,47)(H,39,48)(H,40,46)(H,43,44). The van der Waals surface area contributed by atoms with E-state index >= 15 is 0 Å². The number of aryl methyl sites for hydroxylation is 2. The summed E-state index contributed by atoms with van der Waals surface area (Å²) in [5.41, 5.74) is 0.927. The third-order valence-corrected chi connectivity index (χ3v) is 8.08. The number of imide groups is 1. The van der Waals surface area contributed by atoms with Gasteiger partial charge in [0.25, 0.3) is 5.91 Å². The number of esters is 1. The number of ether oxygens (including phenoxy) is 3. The Morgan fingerprint density at radius 2 is 1.29 bits per heavy atom. The third kappa shape index (κ3) is 10.5. The number of carbonyl (C=O) groups excluding carboxylic acids is 5. The number of nitrogens with zero attached hydrogens (tertiary/aromatic N) is 1. The van der Waals surface area contributed by atoms with E-state index in [0.29, 0.717) is 29.7 Å². The molecule has 0 aliphatic carbocycles. The van der Waals surface area contributed by atoms with Crippen LogP contribution in [-0.2, 0) is 14.2 Å². The predicted octanol–water partition coefficient (Wildman–Crippen LogP) is 7.90. The summed E-state index contributed by atoms with van der Waals surface area (Å²) in [5, 5.41) is 17.9. The van der Waals surface area contributed by atoms with E-state index in [1.807, 2.05) is 0 Å². The zero-order chi connectivity index (χ0) is 36.9. The number of cyclic esters (lactones) is 2. The number of nitrogens with one attached hydrogen (secondary N) is 3. The van der Waals surface area contributed by atoms with Crippen molar-refractivity contribution in [3.05, 3.63) is 82.4 Å². The first-order valence-electron chi connectivity index (χ1n) is 16.8. The van der Waals surface area contributed by atoms with Crippen molar-refractivity contribution in [1.29, 1.82) is 0 Å². The summed E-state index contributed by atoms with van der Waals surface area (Å²) in [5.74, 6) is -3.31. The molecule has 4 rings (SSSR count). The van der Waals surface area contributed by atoms with Crippen molar-refractivity contribution in [1.82, 2.24) is 0 Å². The molecule has 4 bridgehead atoms. The molecule has 1 aliphatic rings. The minimum absolute atomic E-state index is 0.00103. The Balaban J connectivity index is 1.75. The summed E-state index contributed by atoms with van der Waals surface area (Å²) in [6.45, 7) is 5.37. The average molecular weight is 703 g/mol. The lowest BCUT2D eigenvalue weighted by Gasteiger charge is -2.25. The van der Waals surface area contributed by atoms with Gasteiger partial charge in [-0.3, -0.25) is 15.4 Å². The summed E-state index contributed by atoms with van der Waals surface area (Å²) in [7, 11) is 0. The molecule has 0 fully saturated rings. The SMILES string of the molecule is CCOC(=O)c1ccc(C(=O)N2C(=O)Nc3cc(ccc3C)NC(=O)OCCCCCCCCCOC(=O)Nc3ccc(C)c2c3)cc1C(=O)O. The van der Waals surface area contributed by atoms with Crippen molar-refractivity contribution in [3.8, 4) is 0 Å². The van der Waals surface area contributed by atoms with E-state index in [1.54, 1.807) is 45.0 Å². The molecule has 0 aromatic heterocycles. The van der Waals surface area contributed by atoms with Crippen molar-refractivity contribution in [2.24, 2.45) is 0 Å². The highest BCUT2D eigenvalue weighted by Gasteiger charge is 2.29. The second kappa shape index (κ2) is 18.2. The van der Waals surface area contributed by atoms with Gasteiger partial charge in [-0.25, -0.2) is 28.9 Å². The smallest absolute Gasteiger partial charge is 0.411 e. The zero-order valence-corrected chi connectivity index (χ0v) is 28.8. The highest BCUT2D eigenvalue weighted by molar-refractivity contribution is 6.25. The first-order chi connectivity index (χ1) is 24.5. The second-order valence-electron chi connectivity index (χ2n) is 11.9. The maximum Gasteiger partial charge on any atom is 0.411 e. The molecule has 51 heavy (non-hydrogen) atoms. The van der Waals surface area contributed by atoms with Crippen LogP contribution < -0.4 is 20.9 Å². The van der Waals surface area contributed by atoms with Gasteiger partial charge in [-0.05, 0) is 87.2 Å². The fourth-order valence-electron chi connectivity index (χ4n) is 5.34. The molecular formula is C37H42N4O10. The first-order valence-corrected chi connectivity index (χ1v) is 16.8. The van der Waals surface area contributed by atoms with Crippen LogP contribution >= 0.6 is 0 Å². The number of urea groups is 1. The Bertz CT molecular complexity index is 1790. The van der Waals surface area contributed by atoms with E-state index < -0.39 is 41.6 Å². The molecule has 0 saturated heterocycles. The number of carbonyl (C=O) groups is 6. The van der Waals surface area contributed by atoms with E-state index in [0.717, 1.165) is 49.1 Å². The number of carboxylic acid groups (broad SMARTS) is 1. The maximum atomic E-state index is 14.2. The molecule has 14 heteroatoms. The number of rotatable bonds is 4. The van der Waals surface area contributed by atoms with Gasteiger partial charge in [-0.2, -0.15) is 0 Å². The van der Waals surface area contributed by atoms with Crippen LogP contribution in [0.25, 0.3) is 0 Å². The van der Waals surface area contributed by atoms with Crippen molar-refractivity contribution >= 4 is 58.8 Å². The molecule has 0 atom stereocenters. The number of anilines is 4. The number of hydrogen-bond acceptors (Lipinski definition) is 9. The molecule has 0 radical (unpaired) electrons. The van der Waals surface area contributed by atoms with Crippen molar-refractivity contribution in [2.75, 3.05) is 40.7 Å². The minimum Gasteiger partial charge on any atom is -0.478 e. The molecular weight excluding hydrogens is 660 g/mol. The van der Waals surface area contributed by atoms with E-state index in [-0.39, 0.29) is 48.0 Å². The van der Waals surface area contributed by atoms with Crippen LogP contribution in [0.2, 0.25) is 0 Å². The van der Waals surface area contributed by atoms with Gasteiger partial charge in [-0.1, -0.05) is 44.2 Å². The molecule has 14 nitrogen and oxygen atoms in total. The highest BCUT2D eigenvalue weighted by atomic mass is 16.6. The fraction of sp³-hybridized carbons (Fsp3) is 0.351. The summed E-state index contributed by atoms with van der Waals surface area (Å²) in [6, 6.07) is 11.8. The van der Waals surface area contributed by atoms with Crippen LogP contribution in [0.1, 0.15) is 94.1 Å². The van der Waals surface area contributed by atoms with E-state index in [9.17, 15) is 33.9 Å². The molecule has 3 aromatic carbocycles. The summed E-state index contributed by atoms with van der Waals surface area (Å²) >= 11 is 0. The summed E-state index contributed by atoms with van der Waals surface area (Å²) in [4.78, 5) is 78.9. The van der Waals surface area contributed by atoms with Gasteiger partial charge in [0.15, 0.2) is 0 Å². The van der Waals surface area contributed by atoms with E-state index in [2.05, 4.69) is 16.0 Å². The third-order valence-electron chi connectivity index (χ3n) is 8.08. The van der Waals surface area contributed by atoms with Crippen LogP contribution in [0, 0.1) is 13.8 Å². The molecule has 3 aromatic rings. The monoisotopic (exact) mass is 702 g/mol. The number of benzene rings is 3. The predicted molar refractivity (Wildman–Crippen MR) is 190 cm³/mol. The Kier molecular flexibility index (Phi) is 13.5. The molecule has 0 saturated carbocycles. The largest absolute Gasteiger partial charge is 0.478 e. The van der Waals surface area contributed by atoms with Gasteiger partial charge in [0, 0.05) is 22.6 Å². The number of carboxylic acids is 1. The van der Waals surface area contributed by atoms with Gasteiger partial charge >= 0.3 is 30.2 Å². The van der Waals surface area contributed by atoms with Gasteiger partial charge in [0.2, 0.25) is 0 Å². The van der Waals surface area contributed by atoms with Crippen LogP contribution in [0.15, 0.2) is 54.6 Å². The Hall–Kier alpha value is -5.92. The normalized spacial score (nSPS) is 15.1. The van der Waals surface area contributed by atoms with Crippen molar-refractivity contribution < 1.29 is 48.1 Å². The lowest BCUT2D eigenvalue weighted by atomic mass is 10.0. The topological polar surface area (TPSA) is 190 Å². The quantitative estimate of drug-likeness (QED) is 0.154. The molecule has 270 valence electrons. The lowest BCUT2D eigenvalue weighted by molar-refractivity contribution is 0.0514. The van der Waals surface area contributed by atoms with E-state index in [1.165, 1.54) is 18.2 Å². The molecule has 1 heterocycles. The van der Waals surface area contributed by atoms with Crippen molar-refractivity contribution in [2.45, 2.75) is 65.7 Å². The lowest BCUT2D eigenvalue weighted by Crippen LogP contribution is -2.41. The van der Waals surface area contributed by atoms with Crippen LogP contribution in [-0.4, -0.2) is 61.0 Å². The van der Waals surface area contributed by atoms with Crippen LogP contribution in [0.4, 0.5) is 37.1 Å². The number of hydrogen-bond donors (Lipinski definition) is 4. The molecule has 0 spiro atoms. The molecule has 5 amide bonds. The molecule has 0 unspecified atom stereocenters. The van der Waals surface area contributed by atoms with Crippen molar-refractivity contribution in [3.63, 3.8) is 0 Å². The van der Waals surface area contributed by atoms with Crippen LogP contribution in [0.3, 0.4) is 0 Å². The zero-order valence-electron chi connectivity index (χ0n) is 28.8. The fourth-order valence-corrected chi connectivity index (χ4v) is 5.34. The number of aromatic carboxylic acids is 1. The molecule has 4 N–H and O–H groups in total. The maximum absolute atomic E-state index is 14.2. The van der Waals surface area contributed by atoms with E-state index in [4.69, 9.17) is 14.2 Å². The van der Waals surface area contributed by atoms with Gasteiger partial charge < -0.3 is 24.6 Å². The first kappa shape index (κ1) is 37.9. The highest BCUT2D eigenvalue weighted by Crippen LogP contribution is 2.29. The number of amides is 5. The Labute approximate surface area is 295 Å². The summed E-state index contributed by atoms with van der Waals surface area (Å²) < 4.78 is 15.6. The van der Waals surface area contributed by atoms with Gasteiger partial charge in [0.1, 0.15) is 0 Å². The number of fused-ring (bicyclic) bond motifs is 4. The second-order valence-corrected chi connectivity index (χ2v) is 11.9. The Morgan fingerprint density at radius 1 is 0.725 bits per heavy atom. The van der Waals surface area contributed by atoms with Crippen LogP contribution in [0.5, 0.6) is 0 Å². The molecule has 1 aliphatic heterocycles.